The normalized spacial score (nSPS) is 37.2. The average molecular weight is 240 g/mol. The van der Waals surface area contributed by atoms with Crippen molar-refractivity contribution >= 4 is 0 Å². The van der Waals surface area contributed by atoms with E-state index >= 15 is 0 Å². The molecule has 0 bridgehead atoms. The van der Waals surface area contributed by atoms with E-state index < -0.39 is 0 Å². The molecule has 1 N–H and O–H groups in total. The van der Waals surface area contributed by atoms with Crippen LogP contribution in [-0.4, -0.2) is 23.4 Å². The molecule has 0 aromatic rings. The second-order valence-electron chi connectivity index (χ2n) is 6.17. The highest BCUT2D eigenvalue weighted by Crippen LogP contribution is 2.42. The molecule has 0 heterocycles. The molecule has 0 aliphatic heterocycles. The van der Waals surface area contributed by atoms with Gasteiger partial charge in [0.15, 0.2) is 0 Å². The van der Waals surface area contributed by atoms with Gasteiger partial charge in [0.1, 0.15) is 0 Å². The van der Waals surface area contributed by atoms with Crippen LogP contribution in [0.25, 0.3) is 0 Å². The standard InChI is InChI=1S/C15H28O2/c1-3-17-15(10-8-12(2)9-11-15)14(16)13-6-4-5-7-13/h12-14,16H,3-11H2,1-2H3. The molecule has 2 rings (SSSR count). The number of aliphatic hydroxyl groups excluding tert-OH is 1. The lowest BCUT2D eigenvalue weighted by Gasteiger charge is -2.44. The minimum atomic E-state index is -0.225. The molecule has 2 aliphatic rings. The van der Waals surface area contributed by atoms with E-state index in [0.29, 0.717) is 5.92 Å². The van der Waals surface area contributed by atoms with Gasteiger partial charge in [-0.1, -0.05) is 19.8 Å². The zero-order valence-electron chi connectivity index (χ0n) is 11.5. The Balaban J connectivity index is 2.04. The van der Waals surface area contributed by atoms with Gasteiger partial charge in [0.05, 0.1) is 11.7 Å². The molecule has 1 unspecified atom stereocenters. The first-order valence-corrected chi connectivity index (χ1v) is 7.50. The fourth-order valence-electron chi connectivity index (χ4n) is 3.77. The van der Waals surface area contributed by atoms with Gasteiger partial charge in [-0.3, -0.25) is 0 Å². The number of ether oxygens (including phenoxy) is 1. The van der Waals surface area contributed by atoms with Gasteiger partial charge in [-0.15, -0.1) is 0 Å². The maximum absolute atomic E-state index is 10.7. The Bertz CT molecular complexity index is 225. The Morgan fingerprint density at radius 1 is 1.18 bits per heavy atom. The van der Waals surface area contributed by atoms with Crippen molar-refractivity contribution < 1.29 is 9.84 Å². The maximum atomic E-state index is 10.7. The summed E-state index contributed by atoms with van der Waals surface area (Å²) in [6.45, 7) is 5.11. The van der Waals surface area contributed by atoms with E-state index in [1.165, 1.54) is 38.5 Å². The SMILES string of the molecule is CCOC1(C(O)C2CCCC2)CCC(C)CC1. The molecule has 2 heteroatoms. The van der Waals surface area contributed by atoms with E-state index in [-0.39, 0.29) is 11.7 Å². The van der Waals surface area contributed by atoms with E-state index in [9.17, 15) is 5.11 Å². The number of aliphatic hydroxyl groups is 1. The van der Waals surface area contributed by atoms with Crippen LogP contribution in [0.1, 0.15) is 65.2 Å². The monoisotopic (exact) mass is 240 g/mol. The maximum Gasteiger partial charge on any atom is 0.0942 e. The van der Waals surface area contributed by atoms with Crippen LogP contribution < -0.4 is 0 Å². The molecular weight excluding hydrogens is 212 g/mol. The Kier molecular flexibility index (Phi) is 4.48. The molecule has 2 saturated carbocycles. The molecular formula is C15H28O2. The second-order valence-corrected chi connectivity index (χ2v) is 6.17. The summed E-state index contributed by atoms with van der Waals surface area (Å²) < 4.78 is 6.04. The molecule has 0 saturated heterocycles. The lowest BCUT2D eigenvalue weighted by Crippen LogP contribution is -2.50. The lowest BCUT2D eigenvalue weighted by atomic mass is 9.72. The second kappa shape index (κ2) is 5.71. The van der Waals surface area contributed by atoms with E-state index in [4.69, 9.17) is 4.74 Å². The van der Waals surface area contributed by atoms with Gasteiger partial charge in [0, 0.05) is 6.61 Å². The molecule has 0 aromatic carbocycles. The van der Waals surface area contributed by atoms with Gasteiger partial charge in [-0.2, -0.15) is 0 Å². The molecule has 0 amide bonds. The van der Waals surface area contributed by atoms with Crippen LogP contribution in [-0.2, 0) is 4.74 Å². The van der Waals surface area contributed by atoms with E-state index in [1.807, 2.05) is 0 Å². The van der Waals surface area contributed by atoms with Gasteiger partial charge in [-0.05, 0) is 57.3 Å². The first-order chi connectivity index (χ1) is 8.18. The quantitative estimate of drug-likeness (QED) is 0.814. The Labute approximate surface area is 106 Å². The number of rotatable bonds is 4. The van der Waals surface area contributed by atoms with Gasteiger partial charge in [0.2, 0.25) is 0 Å². The van der Waals surface area contributed by atoms with Crippen molar-refractivity contribution in [3.05, 3.63) is 0 Å². The number of hydrogen-bond donors (Lipinski definition) is 1. The van der Waals surface area contributed by atoms with Crippen LogP contribution in [0.5, 0.6) is 0 Å². The summed E-state index contributed by atoms with van der Waals surface area (Å²) in [5.41, 5.74) is -0.212. The zero-order chi connectivity index (χ0) is 12.3. The third-order valence-corrected chi connectivity index (χ3v) is 4.94. The molecule has 100 valence electrons. The smallest absolute Gasteiger partial charge is 0.0942 e. The van der Waals surface area contributed by atoms with Crippen molar-refractivity contribution in [2.45, 2.75) is 76.9 Å². The fourth-order valence-corrected chi connectivity index (χ4v) is 3.77. The Morgan fingerprint density at radius 3 is 2.29 bits per heavy atom. The topological polar surface area (TPSA) is 29.5 Å². The van der Waals surface area contributed by atoms with Gasteiger partial charge in [-0.25, -0.2) is 0 Å². The van der Waals surface area contributed by atoms with Crippen LogP contribution in [0, 0.1) is 11.8 Å². The molecule has 2 aliphatic carbocycles. The molecule has 0 radical (unpaired) electrons. The number of hydrogen-bond acceptors (Lipinski definition) is 2. The minimum Gasteiger partial charge on any atom is -0.390 e. The largest absolute Gasteiger partial charge is 0.390 e. The van der Waals surface area contributed by atoms with Crippen LogP contribution in [0.4, 0.5) is 0 Å². The summed E-state index contributed by atoms with van der Waals surface area (Å²) in [7, 11) is 0. The van der Waals surface area contributed by atoms with Crippen molar-refractivity contribution in [1.29, 1.82) is 0 Å². The van der Waals surface area contributed by atoms with E-state index in [0.717, 1.165) is 25.4 Å². The third-order valence-electron chi connectivity index (χ3n) is 4.94. The Morgan fingerprint density at radius 2 is 1.76 bits per heavy atom. The van der Waals surface area contributed by atoms with Crippen molar-refractivity contribution in [2.75, 3.05) is 6.61 Å². The van der Waals surface area contributed by atoms with Gasteiger partial charge in [0.25, 0.3) is 0 Å². The highest BCUT2D eigenvalue weighted by Gasteiger charge is 2.45. The Hall–Kier alpha value is -0.0800. The fraction of sp³-hybridized carbons (Fsp3) is 1.00. The van der Waals surface area contributed by atoms with E-state index in [1.54, 1.807) is 0 Å². The first-order valence-electron chi connectivity index (χ1n) is 7.50. The van der Waals surface area contributed by atoms with Crippen LogP contribution in [0.3, 0.4) is 0 Å². The summed E-state index contributed by atoms with van der Waals surface area (Å²) in [5, 5.41) is 10.7. The predicted octanol–water partition coefficient (Wildman–Crippen LogP) is 3.52. The summed E-state index contributed by atoms with van der Waals surface area (Å²) in [5.74, 6) is 1.30. The first kappa shape index (κ1) is 13.4. The summed E-state index contributed by atoms with van der Waals surface area (Å²) in [4.78, 5) is 0. The van der Waals surface area contributed by atoms with Gasteiger partial charge >= 0.3 is 0 Å². The van der Waals surface area contributed by atoms with Crippen molar-refractivity contribution in [3.63, 3.8) is 0 Å². The van der Waals surface area contributed by atoms with E-state index in [2.05, 4.69) is 13.8 Å². The van der Waals surface area contributed by atoms with Crippen LogP contribution >= 0.6 is 0 Å². The predicted molar refractivity (Wildman–Crippen MR) is 70.0 cm³/mol. The zero-order valence-corrected chi connectivity index (χ0v) is 11.5. The molecule has 2 fully saturated rings. The van der Waals surface area contributed by atoms with Crippen molar-refractivity contribution in [3.8, 4) is 0 Å². The minimum absolute atomic E-state index is 0.212. The summed E-state index contributed by atoms with van der Waals surface area (Å²) in [6, 6.07) is 0. The van der Waals surface area contributed by atoms with Crippen molar-refractivity contribution in [2.24, 2.45) is 11.8 Å². The molecule has 2 nitrogen and oxygen atoms in total. The molecule has 17 heavy (non-hydrogen) atoms. The summed E-state index contributed by atoms with van der Waals surface area (Å²) >= 11 is 0. The lowest BCUT2D eigenvalue weighted by molar-refractivity contribution is -0.160. The molecule has 0 spiro atoms. The van der Waals surface area contributed by atoms with Crippen LogP contribution in [0.15, 0.2) is 0 Å². The van der Waals surface area contributed by atoms with Gasteiger partial charge < -0.3 is 9.84 Å². The third kappa shape index (κ3) is 2.85. The average Bonchev–Trinajstić information content (AvgIpc) is 2.85. The molecule has 0 aromatic heterocycles. The van der Waals surface area contributed by atoms with Crippen molar-refractivity contribution in [1.82, 2.24) is 0 Å². The highest BCUT2D eigenvalue weighted by atomic mass is 16.5. The summed E-state index contributed by atoms with van der Waals surface area (Å²) in [6.07, 6.45) is 9.29. The van der Waals surface area contributed by atoms with Crippen LogP contribution in [0.2, 0.25) is 0 Å². The highest BCUT2D eigenvalue weighted by molar-refractivity contribution is 4.96. The molecule has 1 atom stereocenters.